The van der Waals surface area contributed by atoms with E-state index in [2.05, 4.69) is 49.6 Å². The molecule has 0 bridgehead atoms. The molecule has 4 heteroatoms. The number of hydrogen-bond donors (Lipinski definition) is 0. The fourth-order valence-electron chi connectivity index (χ4n) is 3.03. The molecule has 0 aliphatic carbocycles. The number of rotatable bonds is 4. The molecule has 0 unspecified atom stereocenters. The summed E-state index contributed by atoms with van der Waals surface area (Å²) in [6.07, 6.45) is 1.16. The molecule has 22 heavy (non-hydrogen) atoms. The molecule has 0 N–H and O–H groups in total. The van der Waals surface area contributed by atoms with Crippen LogP contribution in [0.2, 0.25) is 0 Å². The molecule has 1 heterocycles. The summed E-state index contributed by atoms with van der Waals surface area (Å²) < 4.78 is 0. The maximum atomic E-state index is 10.8. The summed E-state index contributed by atoms with van der Waals surface area (Å²) >= 11 is 0. The number of fused-ring (bicyclic) bond motifs is 1. The zero-order chi connectivity index (χ0) is 16.4. The monoisotopic (exact) mass is 301 g/mol. The number of anilines is 2. The Morgan fingerprint density at radius 1 is 1.09 bits per heavy atom. The Balaban J connectivity index is 2.50. The first-order valence-corrected chi connectivity index (χ1v) is 7.88. The summed E-state index contributed by atoms with van der Waals surface area (Å²) in [6.45, 7) is 12.6. The van der Waals surface area contributed by atoms with Gasteiger partial charge in [0, 0.05) is 25.2 Å². The Hall–Kier alpha value is -1.97. The minimum absolute atomic E-state index is 0.411. The smallest absolute Gasteiger partial charge is 0.0645 e. The van der Waals surface area contributed by atoms with Crippen molar-refractivity contribution in [2.75, 3.05) is 22.9 Å². The molecule has 1 aliphatic rings. The van der Waals surface area contributed by atoms with Crippen molar-refractivity contribution in [1.82, 2.24) is 0 Å². The van der Waals surface area contributed by atoms with E-state index in [1.807, 2.05) is 6.07 Å². The van der Waals surface area contributed by atoms with E-state index in [1.54, 1.807) is 6.92 Å². The quantitative estimate of drug-likeness (QED) is 0.801. The lowest BCUT2D eigenvalue weighted by Gasteiger charge is -2.43. The number of nitrogens with zero attached hydrogens (tertiary/aromatic N) is 2. The average molecular weight is 301 g/mol. The van der Waals surface area contributed by atoms with Crippen LogP contribution in [0.3, 0.4) is 0 Å². The summed E-state index contributed by atoms with van der Waals surface area (Å²) in [7, 11) is 0. The Bertz CT molecular complexity index is 591. The summed E-state index contributed by atoms with van der Waals surface area (Å²) in [5, 5.41) is 10.8. The predicted molar refractivity (Wildman–Crippen MR) is 90.1 cm³/mol. The van der Waals surface area contributed by atoms with Crippen LogP contribution in [0.5, 0.6) is 0 Å². The number of aliphatic carboxylic acids is 1. The van der Waals surface area contributed by atoms with Crippen molar-refractivity contribution in [1.29, 1.82) is 0 Å². The first-order valence-electron chi connectivity index (χ1n) is 7.88. The van der Waals surface area contributed by atoms with Gasteiger partial charge in [-0.25, -0.2) is 0 Å². The van der Waals surface area contributed by atoms with Crippen molar-refractivity contribution in [3.63, 3.8) is 0 Å². The topological polar surface area (TPSA) is 46.6 Å². The van der Waals surface area contributed by atoms with Gasteiger partial charge in [0.05, 0.1) is 17.3 Å². The second-order valence-electron chi connectivity index (χ2n) is 6.42. The maximum Gasteiger partial charge on any atom is 0.0645 e. The molecule has 2 rings (SSSR count). The first-order chi connectivity index (χ1) is 10.3. The van der Waals surface area contributed by atoms with Crippen LogP contribution in [0, 0.1) is 0 Å². The van der Waals surface area contributed by atoms with Crippen molar-refractivity contribution in [3.05, 3.63) is 29.8 Å². The molecule has 1 aromatic carbocycles. The van der Waals surface area contributed by atoms with Crippen molar-refractivity contribution >= 4 is 22.9 Å². The van der Waals surface area contributed by atoms with E-state index in [0.717, 1.165) is 24.7 Å². The van der Waals surface area contributed by atoms with Crippen LogP contribution in [-0.2, 0) is 4.79 Å². The molecule has 0 radical (unpaired) electrons. The van der Waals surface area contributed by atoms with Crippen LogP contribution in [0.25, 0.3) is 5.57 Å². The molecule has 0 saturated carbocycles. The van der Waals surface area contributed by atoms with Crippen molar-refractivity contribution in [3.8, 4) is 0 Å². The van der Waals surface area contributed by atoms with Gasteiger partial charge >= 0.3 is 0 Å². The highest BCUT2D eigenvalue weighted by Crippen LogP contribution is 2.37. The van der Waals surface area contributed by atoms with Gasteiger partial charge in [-0.15, -0.1) is 0 Å². The van der Waals surface area contributed by atoms with Gasteiger partial charge in [-0.1, -0.05) is 6.07 Å². The molecule has 0 fully saturated rings. The third kappa shape index (κ3) is 3.26. The fourth-order valence-corrected chi connectivity index (χ4v) is 3.03. The number of carbonyl (C=O) groups excluding carboxylic acids is 1. The van der Waals surface area contributed by atoms with Crippen LogP contribution in [0.4, 0.5) is 11.4 Å². The van der Waals surface area contributed by atoms with E-state index in [0.29, 0.717) is 17.7 Å². The van der Waals surface area contributed by atoms with E-state index in [4.69, 9.17) is 0 Å². The van der Waals surface area contributed by atoms with E-state index in [1.165, 1.54) is 11.4 Å². The van der Waals surface area contributed by atoms with Gasteiger partial charge < -0.3 is 19.7 Å². The second-order valence-corrected chi connectivity index (χ2v) is 6.42. The zero-order valence-corrected chi connectivity index (χ0v) is 14.1. The third-order valence-corrected chi connectivity index (χ3v) is 4.21. The van der Waals surface area contributed by atoms with Crippen molar-refractivity contribution in [2.24, 2.45) is 0 Å². The van der Waals surface area contributed by atoms with Crippen molar-refractivity contribution in [2.45, 2.75) is 46.7 Å². The standard InChI is InChI=1S/C18H26N2O2/c1-12(2)19-8-9-20(13(3)4)17-11-15(6-7-16(17)19)14(5)10-18(21)22/h6-7,10-13H,8-9H2,1-5H3,(H,21,22)/p-1/b14-10+. The fraction of sp³-hybridized carbons (Fsp3) is 0.500. The van der Waals surface area contributed by atoms with Gasteiger partial charge in [0.25, 0.3) is 0 Å². The maximum absolute atomic E-state index is 10.8. The first kappa shape index (κ1) is 16.4. The average Bonchev–Trinajstić information content (AvgIpc) is 2.44. The van der Waals surface area contributed by atoms with Crippen molar-refractivity contribution < 1.29 is 9.90 Å². The van der Waals surface area contributed by atoms with Crippen LogP contribution >= 0.6 is 0 Å². The van der Waals surface area contributed by atoms with E-state index < -0.39 is 5.97 Å². The Morgan fingerprint density at radius 3 is 2.14 bits per heavy atom. The zero-order valence-electron chi connectivity index (χ0n) is 14.1. The van der Waals surface area contributed by atoms with Crippen LogP contribution in [0.15, 0.2) is 24.3 Å². The number of carboxylic acids is 1. The highest BCUT2D eigenvalue weighted by Gasteiger charge is 2.25. The molecule has 1 aliphatic heterocycles. The number of benzene rings is 1. The van der Waals surface area contributed by atoms with Gasteiger partial charge in [-0.05, 0) is 64.0 Å². The molecular weight excluding hydrogens is 276 g/mol. The molecule has 0 spiro atoms. The molecule has 4 nitrogen and oxygen atoms in total. The number of hydrogen-bond acceptors (Lipinski definition) is 4. The molecule has 0 aromatic heterocycles. The third-order valence-electron chi connectivity index (χ3n) is 4.21. The van der Waals surface area contributed by atoms with E-state index in [-0.39, 0.29) is 0 Å². The molecule has 0 amide bonds. The number of carbonyl (C=O) groups is 1. The van der Waals surface area contributed by atoms with Gasteiger partial charge in [0.1, 0.15) is 0 Å². The summed E-state index contributed by atoms with van der Waals surface area (Å²) in [4.78, 5) is 15.6. The molecule has 1 aromatic rings. The van der Waals surface area contributed by atoms with Gasteiger partial charge in [-0.2, -0.15) is 0 Å². The number of carboxylic acid groups (broad SMARTS) is 1. The summed E-state index contributed by atoms with van der Waals surface area (Å²) in [5.41, 5.74) is 4.05. The minimum atomic E-state index is -1.15. The minimum Gasteiger partial charge on any atom is -0.545 e. The molecule has 120 valence electrons. The van der Waals surface area contributed by atoms with E-state index in [9.17, 15) is 9.90 Å². The summed E-state index contributed by atoms with van der Waals surface area (Å²) in [5.74, 6) is -1.15. The number of allylic oxidation sites excluding steroid dienone is 1. The van der Waals surface area contributed by atoms with Crippen LogP contribution in [0.1, 0.15) is 40.2 Å². The SMILES string of the molecule is C/C(=C\C(=O)[O-])c1ccc2c(c1)N(C(C)C)CCN2C(C)C. The molecule has 0 saturated heterocycles. The lowest BCUT2D eigenvalue weighted by Crippen LogP contribution is -2.46. The van der Waals surface area contributed by atoms with Gasteiger partial charge in [0.2, 0.25) is 0 Å². The van der Waals surface area contributed by atoms with Gasteiger partial charge in [-0.3, -0.25) is 0 Å². The van der Waals surface area contributed by atoms with Crippen LogP contribution in [-0.4, -0.2) is 31.1 Å². The largest absolute Gasteiger partial charge is 0.545 e. The van der Waals surface area contributed by atoms with E-state index >= 15 is 0 Å². The molecule has 0 atom stereocenters. The Kier molecular flexibility index (Phi) is 4.79. The Labute approximate surface area is 133 Å². The predicted octanol–water partition coefficient (Wildman–Crippen LogP) is 2.28. The normalized spacial score (nSPS) is 15.5. The van der Waals surface area contributed by atoms with Gasteiger partial charge in [0.15, 0.2) is 0 Å². The molecular formula is C18H25N2O2-. The highest BCUT2D eigenvalue weighted by molar-refractivity contribution is 5.89. The second kappa shape index (κ2) is 6.42. The lowest BCUT2D eigenvalue weighted by atomic mass is 10.0. The summed E-state index contributed by atoms with van der Waals surface area (Å²) in [6, 6.07) is 7.05. The Morgan fingerprint density at radius 2 is 1.64 bits per heavy atom. The highest BCUT2D eigenvalue weighted by atomic mass is 16.4. The lowest BCUT2D eigenvalue weighted by molar-refractivity contribution is -0.297. The van der Waals surface area contributed by atoms with Crippen LogP contribution < -0.4 is 14.9 Å².